The molecule has 2 heterocycles. The molecule has 0 saturated carbocycles. The largest absolute Gasteiger partial charge is 0.350 e. The summed E-state index contributed by atoms with van der Waals surface area (Å²) in [6.07, 6.45) is 0. The fourth-order valence-corrected chi connectivity index (χ4v) is 1.76. The number of hydrogen-bond donors (Lipinski definition) is 1. The fraction of sp³-hybridized carbons (Fsp3) is 0.167. The topological polar surface area (TPSA) is 68.0 Å². The lowest BCUT2D eigenvalue weighted by molar-refractivity contribution is 0.806. The van der Waals surface area contributed by atoms with Crippen molar-refractivity contribution < 1.29 is 0 Å². The minimum Gasteiger partial charge on any atom is -0.350 e. The number of nitrogens with one attached hydrogen (secondary N) is 1. The molecule has 6 nitrogen and oxygen atoms in total. The van der Waals surface area contributed by atoms with E-state index >= 15 is 0 Å². The van der Waals surface area contributed by atoms with E-state index in [-0.39, 0.29) is 0 Å². The maximum Gasteiger partial charge on any atom is 0.227 e. The Morgan fingerprint density at radius 1 is 1.22 bits per heavy atom. The van der Waals surface area contributed by atoms with Gasteiger partial charge < -0.3 is 5.32 Å². The number of hydrogen-bond acceptors (Lipinski definition) is 5. The zero-order valence-corrected chi connectivity index (χ0v) is 9.91. The van der Waals surface area contributed by atoms with E-state index < -0.39 is 0 Å². The van der Waals surface area contributed by atoms with Gasteiger partial charge in [-0.05, 0) is 22.9 Å². The highest BCUT2D eigenvalue weighted by atomic mass is 15.5. The fourth-order valence-electron chi connectivity index (χ4n) is 1.76. The average Bonchev–Trinajstić information content (AvgIpc) is 2.85. The Morgan fingerprint density at radius 3 is 2.89 bits per heavy atom. The van der Waals surface area contributed by atoms with E-state index in [4.69, 9.17) is 0 Å². The Bertz CT molecular complexity index is 661. The van der Waals surface area contributed by atoms with Gasteiger partial charge in [-0.3, -0.25) is 0 Å². The first-order valence-corrected chi connectivity index (χ1v) is 5.66. The molecule has 1 N–H and O–H groups in total. The van der Waals surface area contributed by atoms with Crippen LogP contribution < -0.4 is 5.32 Å². The van der Waals surface area contributed by atoms with Crippen LogP contribution in [-0.2, 0) is 6.54 Å². The maximum absolute atomic E-state index is 4.40. The number of anilines is 1. The summed E-state index contributed by atoms with van der Waals surface area (Å²) in [5.41, 5.74) is 2.76. The lowest BCUT2D eigenvalue weighted by atomic mass is 10.2. The Kier molecular flexibility index (Phi) is 2.60. The summed E-state index contributed by atoms with van der Waals surface area (Å²) in [4.78, 5) is 4.40. The third kappa shape index (κ3) is 2.00. The van der Waals surface area contributed by atoms with E-state index in [2.05, 4.69) is 38.0 Å². The summed E-state index contributed by atoms with van der Waals surface area (Å²) in [5, 5.41) is 14.7. The molecule has 1 aromatic carbocycles. The van der Waals surface area contributed by atoms with Gasteiger partial charge in [0.1, 0.15) is 0 Å². The molecule has 0 radical (unpaired) electrons. The highest BCUT2D eigenvalue weighted by Gasteiger charge is 2.06. The van der Waals surface area contributed by atoms with Gasteiger partial charge in [0.25, 0.3) is 0 Å². The number of fused-ring (bicyclic) bond motifs is 1. The molecule has 2 aromatic heterocycles. The molecule has 18 heavy (non-hydrogen) atoms. The molecule has 0 aliphatic rings. The van der Waals surface area contributed by atoms with Gasteiger partial charge in [0.2, 0.25) is 5.95 Å². The van der Waals surface area contributed by atoms with Gasteiger partial charge in [0.05, 0.1) is 0 Å². The monoisotopic (exact) mass is 240 g/mol. The first kappa shape index (κ1) is 10.6. The number of aromatic nitrogens is 5. The van der Waals surface area contributed by atoms with Gasteiger partial charge in [0, 0.05) is 18.3 Å². The van der Waals surface area contributed by atoms with E-state index in [1.54, 1.807) is 4.52 Å². The van der Waals surface area contributed by atoms with Crippen molar-refractivity contribution in [1.29, 1.82) is 0 Å². The molecule has 3 rings (SSSR count). The number of rotatable bonds is 3. The van der Waals surface area contributed by atoms with Gasteiger partial charge in [-0.25, -0.2) is 4.98 Å². The van der Waals surface area contributed by atoms with Crippen molar-refractivity contribution in [2.24, 2.45) is 0 Å². The number of benzene rings is 1. The molecule has 3 aromatic rings. The highest BCUT2D eigenvalue weighted by molar-refractivity contribution is 5.44. The van der Waals surface area contributed by atoms with E-state index in [0.29, 0.717) is 18.1 Å². The molecule has 0 amide bonds. The Balaban J connectivity index is 1.88. The molecule has 0 spiro atoms. The molecule has 0 fully saturated rings. The molecule has 0 bridgehead atoms. The van der Waals surface area contributed by atoms with E-state index in [1.807, 2.05) is 31.2 Å². The van der Waals surface area contributed by atoms with Crippen LogP contribution in [0.1, 0.15) is 11.3 Å². The smallest absolute Gasteiger partial charge is 0.227 e. The second-order valence-corrected chi connectivity index (χ2v) is 4.01. The molecule has 90 valence electrons. The summed E-state index contributed by atoms with van der Waals surface area (Å²) < 4.78 is 1.59. The van der Waals surface area contributed by atoms with Crippen molar-refractivity contribution in [2.75, 3.05) is 5.32 Å². The second-order valence-electron chi connectivity index (χ2n) is 4.01. The third-order valence-electron chi connectivity index (χ3n) is 2.61. The molecule has 0 aliphatic heterocycles. The van der Waals surface area contributed by atoms with Crippen molar-refractivity contribution in [3.63, 3.8) is 0 Å². The zero-order chi connectivity index (χ0) is 12.4. The summed E-state index contributed by atoms with van der Waals surface area (Å²) in [6, 6.07) is 12.0. The average molecular weight is 240 g/mol. The lowest BCUT2D eigenvalue weighted by Crippen LogP contribution is -2.08. The number of tetrazole rings is 1. The van der Waals surface area contributed by atoms with E-state index in [0.717, 1.165) is 5.69 Å². The highest BCUT2D eigenvalue weighted by Crippen LogP contribution is 2.09. The summed E-state index contributed by atoms with van der Waals surface area (Å²) in [7, 11) is 0. The minimum atomic E-state index is 0.652. The SMILES string of the molecule is Cc1cc2nnnn2c(NCc2ccccc2)n1. The van der Waals surface area contributed by atoms with Gasteiger partial charge in [-0.1, -0.05) is 30.3 Å². The van der Waals surface area contributed by atoms with Gasteiger partial charge in [-0.2, -0.15) is 4.52 Å². The van der Waals surface area contributed by atoms with Crippen molar-refractivity contribution >= 4 is 11.6 Å². The Hall–Kier alpha value is -2.50. The Morgan fingerprint density at radius 2 is 2.06 bits per heavy atom. The quantitative estimate of drug-likeness (QED) is 0.750. The Labute approximate surface area is 104 Å². The molecule has 0 atom stereocenters. The van der Waals surface area contributed by atoms with Crippen LogP contribution in [0, 0.1) is 6.92 Å². The van der Waals surface area contributed by atoms with Crippen LogP contribution in [-0.4, -0.2) is 25.0 Å². The molecule has 0 unspecified atom stereocenters. The van der Waals surface area contributed by atoms with Crippen LogP contribution >= 0.6 is 0 Å². The second kappa shape index (κ2) is 4.40. The van der Waals surface area contributed by atoms with Crippen LogP contribution in [0.3, 0.4) is 0 Å². The molecule has 6 heteroatoms. The van der Waals surface area contributed by atoms with Gasteiger partial charge in [-0.15, -0.1) is 5.10 Å². The summed E-state index contributed by atoms with van der Waals surface area (Å²) in [6.45, 7) is 2.61. The standard InChI is InChI=1S/C12H12N6/c1-9-7-11-15-16-17-18(11)12(14-9)13-8-10-5-3-2-4-6-10/h2-7H,8H2,1H3,(H,13,14). The molecular formula is C12H12N6. The zero-order valence-electron chi connectivity index (χ0n) is 9.91. The van der Waals surface area contributed by atoms with Crippen LogP contribution in [0.5, 0.6) is 0 Å². The lowest BCUT2D eigenvalue weighted by Gasteiger charge is -2.07. The number of aryl methyl sites for hydroxylation is 1. The summed E-state index contributed by atoms with van der Waals surface area (Å²) >= 11 is 0. The van der Waals surface area contributed by atoms with Crippen molar-refractivity contribution in [1.82, 2.24) is 25.0 Å². The van der Waals surface area contributed by atoms with Crippen molar-refractivity contribution in [2.45, 2.75) is 13.5 Å². The molecule has 0 saturated heterocycles. The number of nitrogens with zero attached hydrogens (tertiary/aromatic N) is 5. The minimum absolute atomic E-state index is 0.652. The van der Waals surface area contributed by atoms with E-state index in [9.17, 15) is 0 Å². The van der Waals surface area contributed by atoms with Crippen LogP contribution in [0.15, 0.2) is 36.4 Å². The third-order valence-corrected chi connectivity index (χ3v) is 2.61. The first-order chi connectivity index (χ1) is 8.83. The van der Waals surface area contributed by atoms with Crippen LogP contribution in [0.2, 0.25) is 0 Å². The molecular weight excluding hydrogens is 228 g/mol. The normalized spacial score (nSPS) is 10.7. The van der Waals surface area contributed by atoms with Gasteiger partial charge >= 0.3 is 0 Å². The predicted molar refractivity (Wildman–Crippen MR) is 67.1 cm³/mol. The van der Waals surface area contributed by atoms with Crippen molar-refractivity contribution in [3.05, 3.63) is 47.7 Å². The summed E-state index contributed by atoms with van der Waals surface area (Å²) in [5.74, 6) is 0.652. The van der Waals surface area contributed by atoms with Gasteiger partial charge in [0.15, 0.2) is 5.65 Å². The molecule has 0 aliphatic carbocycles. The van der Waals surface area contributed by atoms with E-state index in [1.165, 1.54) is 5.56 Å². The maximum atomic E-state index is 4.40. The van der Waals surface area contributed by atoms with Crippen LogP contribution in [0.25, 0.3) is 5.65 Å². The van der Waals surface area contributed by atoms with Crippen molar-refractivity contribution in [3.8, 4) is 0 Å². The van der Waals surface area contributed by atoms with Crippen LogP contribution in [0.4, 0.5) is 5.95 Å². The first-order valence-electron chi connectivity index (χ1n) is 5.66. The predicted octanol–water partition coefficient (Wildman–Crippen LogP) is 1.44.